The number of nitrogens with one attached hydrogen (secondary N) is 1. The van der Waals surface area contributed by atoms with E-state index in [0.717, 1.165) is 17.0 Å². The molecule has 0 saturated carbocycles. The smallest absolute Gasteiger partial charge is 0.337 e. The number of carbonyl (C=O) groups is 2. The molecule has 8 heteroatoms. The van der Waals surface area contributed by atoms with Crippen LogP contribution in [0.1, 0.15) is 69.9 Å². The van der Waals surface area contributed by atoms with Gasteiger partial charge in [0.2, 0.25) is 0 Å². The van der Waals surface area contributed by atoms with Crippen molar-refractivity contribution in [1.82, 2.24) is 5.32 Å². The summed E-state index contributed by atoms with van der Waals surface area (Å²) >= 11 is 3.42. The van der Waals surface area contributed by atoms with Gasteiger partial charge >= 0.3 is 5.97 Å². The molecule has 0 spiro atoms. The topological polar surface area (TPSA) is 94.1 Å². The lowest BCUT2D eigenvalue weighted by Gasteiger charge is -2.37. The minimum atomic E-state index is -0.664. The molecule has 4 rings (SSSR count). The van der Waals surface area contributed by atoms with Crippen LogP contribution in [0.3, 0.4) is 0 Å². The number of hydrogen-bond acceptors (Lipinski definition) is 7. The molecule has 3 atom stereocenters. The number of carbonyl (C=O) groups excluding carboxylic acids is 2. The van der Waals surface area contributed by atoms with E-state index in [1.807, 2.05) is 52.0 Å². The van der Waals surface area contributed by atoms with Gasteiger partial charge in [-0.05, 0) is 90.9 Å². The molecule has 1 aliphatic carbocycles. The first kappa shape index (κ1) is 27.8. The predicted molar refractivity (Wildman–Crippen MR) is 148 cm³/mol. The van der Waals surface area contributed by atoms with Gasteiger partial charge in [0.05, 0.1) is 29.9 Å². The molecule has 2 aromatic carbocycles. The molecule has 0 fully saturated rings. The van der Waals surface area contributed by atoms with Crippen LogP contribution in [0, 0.1) is 0 Å². The number of halogens is 1. The van der Waals surface area contributed by atoms with Crippen LogP contribution in [0.4, 0.5) is 0 Å². The van der Waals surface area contributed by atoms with E-state index < -0.39 is 11.9 Å². The average molecular weight is 585 g/mol. The summed E-state index contributed by atoms with van der Waals surface area (Å²) in [5.41, 5.74) is 4.11. The van der Waals surface area contributed by atoms with E-state index in [1.54, 1.807) is 19.2 Å². The number of Topliss-reactive ketones (excluding diaryl/α,β-unsaturated/α-hetero) is 1. The fourth-order valence-corrected chi connectivity index (χ4v) is 5.57. The second-order valence-corrected chi connectivity index (χ2v) is 10.6. The van der Waals surface area contributed by atoms with Crippen molar-refractivity contribution in [2.45, 2.75) is 64.9 Å². The SMILES string of the molecule is CCOc1cc([C@H]2C(C(=O)O[C@@H](C)CC)=C(C)NC3=C2C(=O)C[C@@H](c2ccc(OC)cc2)C3)cc(Br)c1O. The van der Waals surface area contributed by atoms with Gasteiger partial charge in [0, 0.05) is 29.3 Å². The maximum atomic E-state index is 13.8. The number of esters is 1. The zero-order valence-corrected chi connectivity index (χ0v) is 24.0. The standard InChI is InChI=1S/C30H34BrNO6/c1-6-16(3)38-30(35)26-17(4)32-23-13-19(18-8-10-21(36-5)11-9-18)14-24(33)28(23)27(26)20-12-22(31)29(34)25(15-20)37-7-2/h8-12,15-16,19,27,32,34H,6-7,13-14H2,1-5H3/t16-,19-,27-/m0/s1. The third kappa shape index (κ3) is 5.46. The number of aromatic hydroxyl groups is 1. The van der Waals surface area contributed by atoms with Gasteiger partial charge < -0.3 is 24.6 Å². The van der Waals surface area contributed by atoms with Crippen molar-refractivity contribution in [3.8, 4) is 17.2 Å². The molecule has 0 saturated heterocycles. The first-order valence-corrected chi connectivity index (χ1v) is 13.7. The van der Waals surface area contributed by atoms with Crippen LogP contribution in [-0.2, 0) is 14.3 Å². The number of dihydropyridines is 1. The Morgan fingerprint density at radius 1 is 1.16 bits per heavy atom. The summed E-state index contributed by atoms with van der Waals surface area (Å²) in [7, 11) is 1.62. The summed E-state index contributed by atoms with van der Waals surface area (Å²) < 4.78 is 17.1. The van der Waals surface area contributed by atoms with E-state index in [1.165, 1.54) is 0 Å². The zero-order chi connectivity index (χ0) is 27.6. The van der Waals surface area contributed by atoms with Gasteiger partial charge in [-0.2, -0.15) is 0 Å². The molecular formula is C30H34BrNO6. The number of ether oxygens (including phenoxy) is 3. The molecule has 7 nitrogen and oxygen atoms in total. The normalized spacial score (nSPS) is 20.0. The molecule has 1 aliphatic heterocycles. The lowest BCUT2D eigenvalue weighted by atomic mass is 9.71. The fourth-order valence-electron chi connectivity index (χ4n) is 5.11. The number of allylic oxidation sites excluding steroid dienone is 3. The molecule has 2 aromatic rings. The third-order valence-corrected chi connectivity index (χ3v) is 7.81. The number of rotatable bonds is 8. The summed E-state index contributed by atoms with van der Waals surface area (Å²) in [5, 5.41) is 13.9. The predicted octanol–water partition coefficient (Wildman–Crippen LogP) is 6.27. The maximum absolute atomic E-state index is 13.8. The lowest BCUT2D eigenvalue weighted by Crippen LogP contribution is -2.36. The number of methoxy groups -OCH3 is 1. The quantitative estimate of drug-likeness (QED) is 0.354. The number of ketones is 1. The second kappa shape index (κ2) is 11.6. The first-order chi connectivity index (χ1) is 18.2. The molecule has 0 amide bonds. The Morgan fingerprint density at radius 2 is 1.87 bits per heavy atom. The van der Waals surface area contributed by atoms with Gasteiger partial charge in [-0.3, -0.25) is 4.79 Å². The molecule has 0 aromatic heterocycles. The molecule has 0 unspecified atom stereocenters. The first-order valence-electron chi connectivity index (χ1n) is 12.9. The van der Waals surface area contributed by atoms with Crippen LogP contribution in [0.25, 0.3) is 0 Å². The van der Waals surface area contributed by atoms with Crippen LogP contribution < -0.4 is 14.8 Å². The Balaban J connectivity index is 1.82. The van der Waals surface area contributed by atoms with E-state index in [2.05, 4.69) is 21.2 Å². The van der Waals surface area contributed by atoms with Gasteiger partial charge in [-0.25, -0.2) is 4.79 Å². The van der Waals surface area contributed by atoms with Crippen molar-refractivity contribution in [2.24, 2.45) is 0 Å². The zero-order valence-electron chi connectivity index (χ0n) is 22.4. The highest BCUT2D eigenvalue weighted by Crippen LogP contribution is 2.48. The summed E-state index contributed by atoms with van der Waals surface area (Å²) in [6.07, 6.45) is 1.33. The summed E-state index contributed by atoms with van der Waals surface area (Å²) in [4.78, 5) is 27.3. The number of phenolic OH excluding ortho intramolecular Hbond substituents is 1. The molecule has 202 valence electrons. The highest BCUT2D eigenvalue weighted by Gasteiger charge is 2.42. The maximum Gasteiger partial charge on any atom is 0.337 e. The van der Waals surface area contributed by atoms with E-state index in [0.29, 0.717) is 52.7 Å². The summed E-state index contributed by atoms with van der Waals surface area (Å²) in [6.45, 7) is 7.81. The Morgan fingerprint density at radius 3 is 2.50 bits per heavy atom. The number of phenols is 1. The minimum absolute atomic E-state index is 0.00717. The Kier molecular flexibility index (Phi) is 8.51. The lowest BCUT2D eigenvalue weighted by molar-refractivity contribution is -0.144. The monoisotopic (exact) mass is 583 g/mol. The van der Waals surface area contributed by atoms with Gasteiger partial charge in [0.15, 0.2) is 17.3 Å². The molecule has 38 heavy (non-hydrogen) atoms. The van der Waals surface area contributed by atoms with Gasteiger partial charge in [-0.15, -0.1) is 0 Å². The Labute approximate surface area is 232 Å². The van der Waals surface area contributed by atoms with E-state index in [9.17, 15) is 14.7 Å². The average Bonchev–Trinajstić information content (AvgIpc) is 2.90. The highest BCUT2D eigenvalue weighted by molar-refractivity contribution is 9.10. The van der Waals surface area contributed by atoms with Gasteiger partial charge in [0.1, 0.15) is 5.75 Å². The van der Waals surface area contributed by atoms with Crippen LogP contribution in [0.5, 0.6) is 17.2 Å². The van der Waals surface area contributed by atoms with Crippen molar-refractivity contribution in [3.05, 3.63) is 74.5 Å². The molecule has 0 radical (unpaired) electrons. The molecule has 2 aliphatic rings. The summed E-state index contributed by atoms with van der Waals surface area (Å²) in [6, 6.07) is 11.2. The molecular weight excluding hydrogens is 550 g/mol. The molecule has 0 bridgehead atoms. The summed E-state index contributed by atoms with van der Waals surface area (Å²) in [5.74, 6) is -0.156. The van der Waals surface area contributed by atoms with Crippen LogP contribution in [0.2, 0.25) is 0 Å². The highest BCUT2D eigenvalue weighted by atomic mass is 79.9. The van der Waals surface area contributed by atoms with E-state index in [4.69, 9.17) is 14.2 Å². The fraction of sp³-hybridized carbons (Fsp3) is 0.400. The molecule has 1 heterocycles. The van der Waals surface area contributed by atoms with Crippen LogP contribution in [0.15, 0.2) is 63.4 Å². The van der Waals surface area contributed by atoms with Crippen molar-refractivity contribution < 1.29 is 28.9 Å². The number of hydrogen-bond donors (Lipinski definition) is 2. The second-order valence-electron chi connectivity index (χ2n) is 9.70. The van der Waals surface area contributed by atoms with Crippen molar-refractivity contribution >= 4 is 27.7 Å². The van der Waals surface area contributed by atoms with Gasteiger partial charge in [0.25, 0.3) is 0 Å². The van der Waals surface area contributed by atoms with Crippen molar-refractivity contribution in [1.29, 1.82) is 0 Å². The minimum Gasteiger partial charge on any atom is -0.503 e. The largest absolute Gasteiger partial charge is 0.503 e. The van der Waals surface area contributed by atoms with E-state index >= 15 is 0 Å². The van der Waals surface area contributed by atoms with E-state index in [-0.39, 0.29) is 29.3 Å². The molecule has 2 N–H and O–H groups in total. The number of benzene rings is 2. The Bertz CT molecular complexity index is 1300. The van der Waals surface area contributed by atoms with Crippen molar-refractivity contribution in [3.63, 3.8) is 0 Å². The Hall–Kier alpha value is -3.26. The third-order valence-electron chi connectivity index (χ3n) is 7.20. The van der Waals surface area contributed by atoms with Crippen LogP contribution >= 0.6 is 15.9 Å². The van der Waals surface area contributed by atoms with Crippen LogP contribution in [-0.4, -0.2) is 36.7 Å². The van der Waals surface area contributed by atoms with Crippen molar-refractivity contribution in [2.75, 3.05) is 13.7 Å². The van der Waals surface area contributed by atoms with Gasteiger partial charge in [-0.1, -0.05) is 19.1 Å².